The molecule has 0 amide bonds. The lowest BCUT2D eigenvalue weighted by Gasteiger charge is -1.80. The minimum atomic E-state index is 0.356. The molecule has 0 unspecified atom stereocenters. The number of aryl methyl sites for hydroxylation is 1. The van der Waals surface area contributed by atoms with Gasteiger partial charge in [0.25, 0.3) is 0 Å². The second-order valence-electron chi connectivity index (χ2n) is 1.69. The van der Waals surface area contributed by atoms with Gasteiger partial charge in [-0.15, -0.1) is 0 Å². The van der Waals surface area contributed by atoms with Crippen LogP contribution in [0.15, 0.2) is 16.8 Å². The van der Waals surface area contributed by atoms with Crippen molar-refractivity contribution >= 4 is 11.3 Å². The Bertz CT molecular complexity index is 168. The van der Waals surface area contributed by atoms with Crippen LogP contribution in [0.25, 0.3) is 0 Å². The maximum Gasteiger partial charge on any atom is 0.237 e. The SMILES string of the molecule is Cc1c[s+]cc(O)c1. The Morgan fingerprint density at radius 1 is 1.50 bits per heavy atom. The minimum Gasteiger partial charge on any atom is -0.503 e. The number of hydrogen-bond acceptors (Lipinski definition) is 1. The van der Waals surface area contributed by atoms with E-state index in [1.165, 1.54) is 11.3 Å². The van der Waals surface area contributed by atoms with E-state index in [0.717, 1.165) is 5.56 Å². The lowest BCUT2D eigenvalue weighted by atomic mass is 10.4. The molecule has 0 aliphatic rings. The topological polar surface area (TPSA) is 20.2 Å². The van der Waals surface area contributed by atoms with Gasteiger partial charge >= 0.3 is 0 Å². The van der Waals surface area contributed by atoms with E-state index in [1.807, 2.05) is 12.3 Å². The molecule has 0 atom stereocenters. The van der Waals surface area contributed by atoms with E-state index in [2.05, 4.69) is 0 Å². The molecule has 1 N–H and O–H groups in total. The Kier molecular flexibility index (Phi) is 1.44. The summed E-state index contributed by atoms with van der Waals surface area (Å²) < 4.78 is 0. The zero-order chi connectivity index (χ0) is 5.98. The number of rotatable bonds is 0. The molecule has 0 saturated carbocycles. The van der Waals surface area contributed by atoms with Crippen LogP contribution >= 0.6 is 11.3 Å². The molecule has 1 rings (SSSR count). The summed E-state index contributed by atoms with van der Waals surface area (Å²) in [6, 6.07) is 1.73. The van der Waals surface area contributed by atoms with Gasteiger partial charge in [0.15, 0.2) is 11.1 Å². The van der Waals surface area contributed by atoms with Crippen molar-refractivity contribution in [2.45, 2.75) is 6.92 Å². The molecular formula is C6H7OS+. The third-order valence-corrected chi connectivity index (χ3v) is 1.70. The normalized spacial score (nSPS) is 9.12. The van der Waals surface area contributed by atoms with E-state index in [4.69, 9.17) is 5.11 Å². The first kappa shape index (κ1) is 5.51. The molecule has 1 aromatic heterocycles. The third kappa shape index (κ3) is 1.17. The smallest absolute Gasteiger partial charge is 0.237 e. The second kappa shape index (κ2) is 2.09. The molecular weight excluding hydrogens is 120 g/mol. The summed E-state index contributed by atoms with van der Waals surface area (Å²) in [4.78, 5) is 0. The summed E-state index contributed by atoms with van der Waals surface area (Å²) in [7, 11) is 0. The molecule has 0 bridgehead atoms. The lowest BCUT2D eigenvalue weighted by Crippen LogP contribution is -1.63. The van der Waals surface area contributed by atoms with E-state index in [0.29, 0.717) is 5.75 Å². The van der Waals surface area contributed by atoms with Crippen LogP contribution in [-0.4, -0.2) is 5.11 Å². The van der Waals surface area contributed by atoms with Gasteiger partial charge in [-0.1, -0.05) is 0 Å². The van der Waals surface area contributed by atoms with Gasteiger partial charge in [0, 0.05) is 5.56 Å². The van der Waals surface area contributed by atoms with Crippen LogP contribution in [0, 0.1) is 6.92 Å². The van der Waals surface area contributed by atoms with Crippen LogP contribution in [0.1, 0.15) is 5.56 Å². The van der Waals surface area contributed by atoms with Crippen molar-refractivity contribution in [2.75, 3.05) is 0 Å². The summed E-state index contributed by atoms with van der Waals surface area (Å²) in [6.07, 6.45) is 0. The monoisotopic (exact) mass is 127 g/mol. The molecule has 1 heterocycles. The summed E-state index contributed by atoms with van der Waals surface area (Å²) in [5.74, 6) is 0.356. The molecule has 0 fully saturated rings. The molecule has 42 valence electrons. The van der Waals surface area contributed by atoms with E-state index in [-0.39, 0.29) is 0 Å². The molecule has 8 heavy (non-hydrogen) atoms. The molecule has 0 saturated heterocycles. The summed E-state index contributed by atoms with van der Waals surface area (Å²) in [5.41, 5.74) is 1.11. The average molecular weight is 127 g/mol. The molecule has 0 radical (unpaired) electrons. The largest absolute Gasteiger partial charge is 0.503 e. The predicted molar refractivity (Wildman–Crippen MR) is 35.1 cm³/mol. The predicted octanol–water partition coefficient (Wildman–Crippen LogP) is 2.04. The molecule has 1 nitrogen and oxygen atoms in total. The van der Waals surface area contributed by atoms with Crippen LogP contribution in [-0.2, 0) is 0 Å². The van der Waals surface area contributed by atoms with Gasteiger partial charge in [-0.25, -0.2) is 0 Å². The van der Waals surface area contributed by atoms with Crippen molar-refractivity contribution in [1.82, 2.24) is 0 Å². The van der Waals surface area contributed by atoms with Crippen LogP contribution < -0.4 is 0 Å². The van der Waals surface area contributed by atoms with Crippen molar-refractivity contribution in [2.24, 2.45) is 0 Å². The zero-order valence-electron chi connectivity index (χ0n) is 4.59. The molecule has 1 aromatic rings. The van der Waals surface area contributed by atoms with E-state index < -0.39 is 0 Å². The lowest BCUT2D eigenvalue weighted by molar-refractivity contribution is 0.476. The van der Waals surface area contributed by atoms with E-state index in [9.17, 15) is 0 Å². The van der Waals surface area contributed by atoms with E-state index in [1.54, 1.807) is 11.4 Å². The fourth-order valence-electron chi connectivity index (χ4n) is 0.512. The number of aromatic hydroxyl groups is 1. The highest BCUT2D eigenvalue weighted by atomic mass is 32.1. The van der Waals surface area contributed by atoms with Crippen molar-refractivity contribution < 1.29 is 5.11 Å². The van der Waals surface area contributed by atoms with Crippen molar-refractivity contribution in [1.29, 1.82) is 0 Å². The van der Waals surface area contributed by atoms with Gasteiger partial charge in [0.05, 0.1) is 0 Å². The first-order valence-corrected chi connectivity index (χ1v) is 3.29. The average Bonchev–Trinajstić information content (AvgIpc) is 1.64. The Morgan fingerprint density at radius 3 is 2.62 bits per heavy atom. The van der Waals surface area contributed by atoms with Gasteiger partial charge in [0.2, 0.25) is 16.7 Å². The Balaban J connectivity index is 3.08. The van der Waals surface area contributed by atoms with Crippen LogP contribution in [0.3, 0.4) is 0 Å². The van der Waals surface area contributed by atoms with Crippen LogP contribution in [0.2, 0.25) is 0 Å². The number of hydrogen-bond donors (Lipinski definition) is 1. The maximum atomic E-state index is 8.82. The Morgan fingerprint density at radius 2 is 2.25 bits per heavy atom. The fraction of sp³-hybridized carbons (Fsp3) is 0.167. The second-order valence-corrected chi connectivity index (χ2v) is 2.43. The quantitative estimate of drug-likeness (QED) is 0.529. The van der Waals surface area contributed by atoms with Gasteiger partial charge < -0.3 is 5.11 Å². The standard InChI is InChI=1S/C6H6OS/c1-5-2-6(7)4-8-3-5/h2-4H,1H3/p+1. The fourth-order valence-corrected chi connectivity index (χ4v) is 1.07. The minimum absolute atomic E-state index is 0.356. The van der Waals surface area contributed by atoms with Gasteiger partial charge in [-0.3, -0.25) is 0 Å². The van der Waals surface area contributed by atoms with Crippen molar-refractivity contribution in [3.8, 4) is 5.75 Å². The van der Waals surface area contributed by atoms with Gasteiger partial charge in [0.1, 0.15) is 0 Å². The van der Waals surface area contributed by atoms with Crippen LogP contribution in [0.4, 0.5) is 0 Å². The van der Waals surface area contributed by atoms with Crippen molar-refractivity contribution in [3.05, 3.63) is 22.4 Å². The highest BCUT2D eigenvalue weighted by molar-refractivity contribution is 7.07. The summed E-state index contributed by atoms with van der Waals surface area (Å²) >= 11 is 1.51. The third-order valence-electron chi connectivity index (χ3n) is 0.818. The molecule has 0 aromatic carbocycles. The highest BCUT2D eigenvalue weighted by Gasteiger charge is 1.94. The van der Waals surface area contributed by atoms with E-state index >= 15 is 0 Å². The van der Waals surface area contributed by atoms with Gasteiger partial charge in [-0.05, 0) is 13.0 Å². The van der Waals surface area contributed by atoms with Crippen LogP contribution in [0.5, 0.6) is 5.75 Å². The summed E-state index contributed by atoms with van der Waals surface area (Å²) in [6.45, 7) is 1.95. The first-order valence-electron chi connectivity index (χ1n) is 2.35. The molecule has 0 aliphatic heterocycles. The first-order chi connectivity index (χ1) is 3.79. The molecule has 0 aliphatic carbocycles. The maximum absolute atomic E-state index is 8.82. The Labute approximate surface area is 52.2 Å². The van der Waals surface area contributed by atoms with Gasteiger partial charge in [-0.2, -0.15) is 0 Å². The molecule has 2 heteroatoms. The molecule has 0 spiro atoms. The van der Waals surface area contributed by atoms with Crippen molar-refractivity contribution in [3.63, 3.8) is 0 Å². The zero-order valence-corrected chi connectivity index (χ0v) is 5.40. The Hall–Kier alpha value is -0.630. The summed E-state index contributed by atoms with van der Waals surface area (Å²) in [5, 5.41) is 12.5. The highest BCUT2D eigenvalue weighted by Crippen LogP contribution is 2.13.